The van der Waals surface area contributed by atoms with Gasteiger partial charge in [0.1, 0.15) is 5.75 Å². The van der Waals surface area contributed by atoms with Crippen LogP contribution in [0.5, 0.6) is 5.75 Å². The van der Waals surface area contributed by atoms with Gasteiger partial charge in [-0.15, -0.1) is 13.2 Å². The summed E-state index contributed by atoms with van der Waals surface area (Å²) in [5.74, 6) is -1.72. The molecular formula is C19H17ClF3N3O2. The molecule has 2 aromatic rings. The van der Waals surface area contributed by atoms with E-state index in [1.54, 1.807) is 37.3 Å². The highest BCUT2D eigenvalue weighted by molar-refractivity contribution is 6.30. The van der Waals surface area contributed by atoms with Crippen LogP contribution in [-0.4, -0.2) is 30.2 Å². The summed E-state index contributed by atoms with van der Waals surface area (Å²) < 4.78 is 41.9. The second kappa shape index (κ2) is 7.01. The Hall–Kier alpha value is -2.74. The van der Waals surface area contributed by atoms with E-state index in [0.29, 0.717) is 16.1 Å². The van der Waals surface area contributed by atoms with Crippen LogP contribution in [0.4, 0.5) is 13.2 Å². The maximum atomic E-state index is 13.0. The molecular weight excluding hydrogens is 395 g/mol. The number of amides is 1. The van der Waals surface area contributed by atoms with E-state index in [1.807, 2.05) is 0 Å². The minimum Gasteiger partial charge on any atom is -0.406 e. The van der Waals surface area contributed by atoms with E-state index in [0.717, 1.165) is 4.90 Å². The molecule has 0 spiro atoms. The van der Waals surface area contributed by atoms with Crippen LogP contribution in [0.15, 0.2) is 48.5 Å². The van der Waals surface area contributed by atoms with Crippen molar-refractivity contribution in [3.63, 3.8) is 0 Å². The van der Waals surface area contributed by atoms with Crippen LogP contribution < -0.4 is 10.1 Å². The van der Waals surface area contributed by atoms with E-state index < -0.39 is 23.6 Å². The fourth-order valence-electron chi connectivity index (χ4n) is 3.34. The zero-order valence-corrected chi connectivity index (χ0v) is 15.7. The third-order valence-electron chi connectivity index (χ3n) is 4.74. The Morgan fingerprint density at radius 3 is 2.46 bits per heavy atom. The summed E-state index contributed by atoms with van der Waals surface area (Å²) in [5, 5.41) is 11.5. The lowest BCUT2D eigenvalue weighted by Crippen LogP contribution is -2.62. The molecule has 2 atom stereocenters. The van der Waals surface area contributed by atoms with Crippen molar-refractivity contribution in [2.75, 3.05) is 7.05 Å². The van der Waals surface area contributed by atoms with Gasteiger partial charge in [-0.1, -0.05) is 35.9 Å². The maximum Gasteiger partial charge on any atom is 0.573 e. The van der Waals surface area contributed by atoms with Crippen molar-refractivity contribution in [2.24, 2.45) is 0 Å². The van der Waals surface area contributed by atoms with Crippen molar-refractivity contribution >= 4 is 23.5 Å². The van der Waals surface area contributed by atoms with Crippen LogP contribution in [0.25, 0.3) is 0 Å². The summed E-state index contributed by atoms with van der Waals surface area (Å²) in [6.07, 6.45) is -4.84. The van der Waals surface area contributed by atoms with Gasteiger partial charge in [-0.05, 0) is 42.3 Å². The first-order chi connectivity index (χ1) is 13.0. The molecule has 1 aliphatic rings. The molecule has 2 N–H and O–H groups in total. The third kappa shape index (κ3) is 3.77. The fourth-order valence-corrected chi connectivity index (χ4v) is 3.46. The van der Waals surface area contributed by atoms with E-state index >= 15 is 0 Å². The van der Waals surface area contributed by atoms with Gasteiger partial charge in [0, 0.05) is 12.1 Å². The van der Waals surface area contributed by atoms with E-state index in [1.165, 1.54) is 25.2 Å². The number of guanidine groups is 1. The molecule has 3 rings (SSSR count). The van der Waals surface area contributed by atoms with Crippen LogP contribution in [0, 0.1) is 5.41 Å². The number of hydrogen-bond acceptors (Lipinski definition) is 3. The summed E-state index contributed by atoms with van der Waals surface area (Å²) >= 11 is 5.94. The van der Waals surface area contributed by atoms with Crippen LogP contribution >= 0.6 is 11.6 Å². The Morgan fingerprint density at radius 1 is 1.21 bits per heavy atom. The molecule has 1 fully saturated rings. The fraction of sp³-hybridized carbons (Fsp3) is 0.263. The number of carbonyl (C=O) groups excluding carboxylic acids is 1. The van der Waals surface area contributed by atoms with E-state index in [2.05, 4.69) is 10.1 Å². The summed E-state index contributed by atoms with van der Waals surface area (Å²) in [4.78, 5) is 14.2. The standard InChI is InChI=1S/C19H17ClF3N3O2/c1-18(12-4-3-5-14(10-12)28-19(21,22)23)15(11-6-8-13(20)9-7-11)16(27)26(2)17(24)25-18/h3-10,15H,1-2H3,(H2,24,25)/t15-,18+/m0/s1. The molecule has 0 aromatic heterocycles. The Balaban J connectivity index is 2.11. The highest BCUT2D eigenvalue weighted by atomic mass is 35.5. The minimum atomic E-state index is -4.84. The second-order valence-electron chi connectivity index (χ2n) is 6.63. The predicted molar refractivity (Wildman–Crippen MR) is 98.3 cm³/mol. The van der Waals surface area contributed by atoms with E-state index in [-0.39, 0.29) is 11.9 Å². The van der Waals surface area contributed by atoms with Crippen LogP contribution in [0.1, 0.15) is 24.0 Å². The lowest BCUT2D eigenvalue weighted by Gasteiger charge is -2.46. The van der Waals surface area contributed by atoms with Crippen molar-refractivity contribution in [3.8, 4) is 5.75 Å². The van der Waals surface area contributed by atoms with Gasteiger partial charge in [0.2, 0.25) is 5.91 Å². The molecule has 0 bridgehead atoms. The first-order valence-corrected chi connectivity index (χ1v) is 8.65. The molecule has 0 radical (unpaired) electrons. The molecule has 0 aliphatic carbocycles. The number of halogens is 4. The Morgan fingerprint density at radius 2 is 1.86 bits per heavy atom. The molecule has 28 heavy (non-hydrogen) atoms. The van der Waals surface area contributed by atoms with Crippen LogP contribution in [-0.2, 0) is 10.3 Å². The van der Waals surface area contributed by atoms with Crippen molar-refractivity contribution < 1.29 is 22.7 Å². The quantitative estimate of drug-likeness (QED) is 0.794. The molecule has 0 saturated carbocycles. The van der Waals surface area contributed by atoms with Gasteiger partial charge in [-0.2, -0.15) is 0 Å². The number of rotatable bonds is 3. The SMILES string of the molecule is CN1C(=N)N[C@](C)(c2cccc(OC(F)(F)F)c2)[C@@H](c2ccc(Cl)cc2)C1=O. The first kappa shape index (κ1) is 20.0. The number of likely N-dealkylation sites (N-methyl/N-ethyl adjacent to an activating group) is 1. The summed E-state index contributed by atoms with van der Waals surface area (Å²) in [6.45, 7) is 1.67. The molecule has 2 aromatic carbocycles. The van der Waals surface area contributed by atoms with Gasteiger partial charge < -0.3 is 10.1 Å². The lowest BCUT2D eigenvalue weighted by molar-refractivity contribution is -0.274. The van der Waals surface area contributed by atoms with Gasteiger partial charge in [-0.3, -0.25) is 15.1 Å². The largest absolute Gasteiger partial charge is 0.573 e. The first-order valence-electron chi connectivity index (χ1n) is 8.27. The van der Waals surface area contributed by atoms with Gasteiger partial charge in [0.25, 0.3) is 0 Å². The Labute approximate surface area is 164 Å². The molecule has 1 saturated heterocycles. The molecule has 148 valence electrons. The average molecular weight is 412 g/mol. The summed E-state index contributed by atoms with van der Waals surface area (Å²) in [5.41, 5.74) is -0.189. The number of hydrogen-bond donors (Lipinski definition) is 2. The zero-order chi connectivity index (χ0) is 20.7. The number of nitrogens with one attached hydrogen (secondary N) is 2. The number of ether oxygens (including phenoxy) is 1. The number of alkyl halides is 3. The average Bonchev–Trinajstić information content (AvgIpc) is 2.60. The normalized spacial score (nSPS) is 22.8. The second-order valence-corrected chi connectivity index (χ2v) is 7.07. The highest BCUT2D eigenvalue weighted by Crippen LogP contribution is 2.42. The number of carbonyl (C=O) groups is 1. The van der Waals surface area contributed by atoms with Crippen LogP contribution in [0.2, 0.25) is 5.02 Å². The summed E-state index contributed by atoms with van der Waals surface area (Å²) in [6, 6.07) is 12.0. The smallest absolute Gasteiger partial charge is 0.406 e. The predicted octanol–water partition coefficient (Wildman–Crippen LogP) is 4.23. The number of nitrogens with zero attached hydrogens (tertiary/aromatic N) is 1. The Bertz CT molecular complexity index is 917. The summed E-state index contributed by atoms with van der Waals surface area (Å²) in [7, 11) is 1.46. The van der Waals surface area contributed by atoms with Gasteiger partial charge in [0.05, 0.1) is 11.5 Å². The molecule has 5 nitrogen and oxygen atoms in total. The number of benzene rings is 2. The van der Waals surface area contributed by atoms with Gasteiger partial charge in [0.15, 0.2) is 5.96 Å². The highest BCUT2D eigenvalue weighted by Gasteiger charge is 2.48. The van der Waals surface area contributed by atoms with E-state index in [9.17, 15) is 18.0 Å². The molecule has 0 unspecified atom stereocenters. The van der Waals surface area contributed by atoms with Gasteiger partial charge in [-0.25, -0.2) is 0 Å². The molecule has 1 heterocycles. The monoisotopic (exact) mass is 411 g/mol. The van der Waals surface area contributed by atoms with Crippen molar-refractivity contribution in [1.82, 2.24) is 10.2 Å². The van der Waals surface area contributed by atoms with Crippen molar-refractivity contribution in [1.29, 1.82) is 5.41 Å². The molecule has 9 heteroatoms. The lowest BCUT2D eigenvalue weighted by atomic mass is 9.73. The Kier molecular flexibility index (Phi) is 5.01. The van der Waals surface area contributed by atoms with E-state index in [4.69, 9.17) is 17.0 Å². The molecule has 1 aliphatic heterocycles. The minimum absolute atomic E-state index is 0.153. The molecule has 1 amide bonds. The topological polar surface area (TPSA) is 65.4 Å². The van der Waals surface area contributed by atoms with Crippen LogP contribution in [0.3, 0.4) is 0 Å². The third-order valence-corrected chi connectivity index (χ3v) is 4.99. The maximum absolute atomic E-state index is 13.0. The van der Waals surface area contributed by atoms with Crippen molar-refractivity contribution in [3.05, 3.63) is 64.7 Å². The van der Waals surface area contributed by atoms with Gasteiger partial charge >= 0.3 is 6.36 Å². The zero-order valence-electron chi connectivity index (χ0n) is 15.0. The van der Waals surface area contributed by atoms with Crippen molar-refractivity contribution in [2.45, 2.75) is 24.7 Å².